The van der Waals surface area contributed by atoms with Crippen molar-refractivity contribution in [2.45, 2.75) is 25.4 Å². The molecule has 0 aliphatic rings. The highest BCUT2D eigenvalue weighted by Gasteiger charge is 2.59. The van der Waals surface area contributed by atoms with Crippen LogP contribution in [-0.2, 0) is 0 Å². The van der Waals surface area contributed by atoms with Gasteiger partial charge < -0.3 is 10.1 Å². The third-order valence-corrected chi connectivity index (χ3v) is 2.62. The first-order valence-corrected chi connectivity index (χ1v) is 6.12. The smallest absolute Gasteiger partial charge is 0.434 e. The predicted octanol–water partition coefficient (Wildman–Crippen LogP) is 4.69. The minimum absolute atomic E-state index is 0.0650. The van der Waals surface area contributed by atoms with Crippen LogP contribution in [0.2, 0.25) is 10.0 Å². The zero-order chi connectivity index (χ0) is 16.4. The topological polar surface area (TPSA) is 34.2 Å². The van der Waals surface area contributed by atoms with Gasteiger partial charge in [0.15, 0.2) is 0 Å². The zero-order valence-electron chi connectivity index (χ0n) is 10.2. The predicted molar refractivity (Wildman–Crippen MR) is 64.9 cm³/mol. The summed E-state index contributed by atoms with van der Waals surface area (Å²) < 4.78 is 78.3. The Hall–Kier alpha value is -1.09. The van der Waals surface area contributed by atoms with E-state index in [1.165, 1.54) is 0 Å². The van der Waals surface area contributed by atoms with Gasteiger partial charge in [0.05, 0.1) is 5.02 Å². The summed E-state index contributed by atoms with van der Waals surface area (Å²) in [4.78, 5) is 3.43. The number of halogens is 8. The third kappa shape index (κ3) is 4.70. The molecule has 0 atom stereocenters. The largest absolute Gasteiger partial charge is 0.454 e. The summed E-state index contributed by atoms with van der Waals surface area (Å²) in [5.41, 5.74) is 0. The normalized spacial score (nSPS) is 12.7. The molecule has 0 saturated carbocycles. The molecule has 0 spiro atoms. The van der Waals surface area contributed by atoms with Crippen molar-refractivity contribution in [1.82, 2.24) is 4.98 Å². The van der Waals surface area contributed by atoms with Gasteiger partial charge in [-0.25, -0.2) is 0 Å². The first-order valence-electron chi connectivity index (χ1n) is 5.36. The fraction of sp³-hybridized carbons (Fsp3) is 0.500. The molecular formula is C10H8Cl2F6N2O. The molecule has 0 unspecified atom stereocenters. The number of nitrogens with one attached hydrogen (secondary N) is 1. The van der Waals surface area contributed by atoms with Gasteiger partial charge in [-0.15, -0.1) is 0 Å². The standard InChI is InChI=1S/C10H8Cl2F6N2O/c1-2-19-6-4(11)3-5(12)7(20-6)21-8(9(13,14)15)10(16,17)18/h3,8H,2H2,1H3,(H,19,20). The molecular weight excluding hydrogens is 349 g/mol. The molecule has 1 aromatic rings. The summed E-state index contributed by atoms with van der Waals surface area (Å²) in [7, 11) is 0. The molecule has 0 aliphatic carbocycles. The summed E-state index contributed by atoms with van der Waals surface area (Å²) in [6.45, 7) is 1.91. The van der Waals surface area contributed by atoms with E-state index in [2.05, 4.69) is 15.0 Å². The summed E-state index contributed by atoms with van der Waals surface area (Å²) in [6.07, 6.45) is -15.4. The second kappa shape index (κ2) is 6.35. The van der Waals surface area contributed by atoms with Gasteiger partial charge in [-0.1, -0.05) is 23.2 Å². The molecule has 1 heterocycles. The van der Waals surface area contributed by atoms with Gasteiger partial charge in [0.2, 0.25) is 5.88 Å². The second-order valence-corrected chi connectivity index (χ2v) is 4.53. The average Bonchev–Trinajstić information content (AvgIpc) is 2.28. The monoisotopic (exact) mass is 356 g/mol. The molecule has 0 bridgehead atoms. The Balaban J connectivity index is 3.18. The second-order valence-electron chi connectivity index (χ2n) is 3.72. The molecule has 1 N–H and O–H groups in total. The molecule has 1 rings (SSSR count). The van der Waals surface area contributed by atoms with Crippen LogP contribution >= 0.6 is 23.2 Å². The van der Waals surface area contributed by atoms with Gasteiger partial charge in [0.25, 0.3) is 6.10 Å². The van der Waals surface area contributed by atoms with Gasteiger partial charge in [0.1, 0.15) is 10.8 Å². The molecule has 0 amide bonds. The van der Waals surface area contributed by atoms with Crippen LogP contribution in [0.4, 0.5) is 32.2 Å². The molecule has 120 valence electrons. The van der Waals surface area contributed by atoms with Crippen molar-refractivity contribution in [3.8, 4) is 5.88 Å². The number of aromatic nitrogens is 1. The highest BCUT2D eigenvalue weighted by molar-refractivity contribution is 6.36. The van der Waals surface area contributed by atoms with E-state index in [0.29, 0.717) is 0 Å². The number of nitrogens with zero attached hydrogens (tertiary/aromatic N) is 1. The lowest BCUT2D eigenvalue weighted by atomic mass is 10.3. The average molecular weight is 357 g/mol. The van der Waals surface area contributed by atoms with E-state index in [0.717, 1.165) is 6.07 Å². The summed E-state index contributed by atoms with van der Waals surface area (Å²) in [6, 6.07) is 0.938. The molecule has 0 radical (unpaired) electrons. The summed E-state index contributed by atoms with van der Waals surface area (Å²) in [5.74, 6) is -1.15. The lowest BCUT2D eigenvalue weighted by Gasteiger charge is -2.24. The molecule has 21 heavy (non-hydrogen) atoms. The zero-order valence-corrected chi connectivity index (χ0v) is 11.8. The molecule has 3 nitrogen and oxygen atoms in total. The van der Waals surface area contributed by atoms with Gasteiger partial charge in [-0.05, 0) is 13.0 Å². The molecule has 0 aromatic carbocycles. The van der Waals surface area contributed by atoms with Gasteiger partial charge >= 0.3 is 12.4 Å². The maximum atomic E-state index is 12.4. The van der Waals surface area contributed by atoms with E-state index in [9.17, 15) is 26.3 Å². The lowest BCUT2D eigenvalue weighted by Crippen LogP contribution is -2.46. The highest BCUT2D eigenvalue weighted by atomic mass is 35.5. The maximum absolute atomic E-state index is 12.4. The minimum Gasteiger partial charge on any atom is -0.454 e. The van der Waals surface area contributed by atoms with Crippen molar-refractivity contribution >= 4 is 29.0 Å². The molecule has 11 heteroatoms. The number of rotatable bonds is 4. The van der Waals surface area contributed by atoms with Gasteiger partial charge in [-0.2, -0.15) is 31.3 Å². The Kier molecular flexibility index (Phi) is 5.43. The van der Waals surface area contributed by atoms with Crippen molar-refractivity contribution in [2.24, 2.45) is 0 Å². The van der Waals surface area contributed by atoms with Crippen molar-refractivity contribution in [2.75, 3.05) is 11.9 Å². The first kappa shape index (κ1) is 18.0. The Labute approximate surface area is 125 Å². The molecule has 1 aromatic heterocycles. The fourth-order valence-electron chi connectivity index (χ4n) is 1.25. The Bertz CT molecular complexity index is 492. The van der Waals surface area contributed by atoms with Crippen LogP contribution in [0.5, 0.6) is 5.88 Å². The van der Waals surface area contributed by atoms with Crippen LogP contribution < -0.4 is 10.1 Å². The SMILES string of the molecule is CCNc1nc(OC(C(F)(F)F)C(F)(F)F)c(Cl)cc1Cl. The number of anilines is 1. The third-order valence-electron chi connectivity index (χ3n) is 2.07. The van der Waals surface area contributed by atoms with E-state index < -0.39 is 29.4 Å². The number of hydrogen-bond acceptors (Lipinski definition) is 3. The minimum atomic E-state index is -5.67. The molecule has 0 aliphatic heterocycles. The fourth-order valence-corrected chi connectivity index (χ4v) is 1.72. The van der Waals surface area contributed by atoms with Crippen LogP contribution in [0.3, 0.4) is 0 Å². The van der Waals surface area contributed by atoms with Gasteiger partial charge in [-0.3, -0.25) is 0 Å². The van der Waals surface area contributed by atoms with E-state index in [1.807, 2.05) is 0 Å². The van der Waals surface area contributed by atoms with Crippen molar-refractivity contribution in [3.63, 3.8) is 0 Å². The van der Waals surface area contributed by atoms with Crippen molar-refractivity contribution < 1.29 is 31.1 Å². The van der Waals surface area contributed by atoms with Crippen LogP contribution in [0.15, 0.2) is 6.07 Å². The number of alkyl halides is 6. The Morgan fingerprint density at radius 2 is 1.67 bits per heavy atom. The Morgan fingerprint density at radius 1 is 1.14 bits per heavy atom. The highest BCUT2D eigenvalue weighted by Crippen LogP contribution is 2.39. The van der Waals surface area contributed by atoms with E-state index in [4.69, 9.17) is 23.2 Å². The Morgan fingerprint density at radius 3 is 2.10 bits per heavy atom. The lowest BCUT2D eigenvalue weighted by molar-refractivity contribution is -0.300. The van der Waals surface area contributed by atoms with E-state index >= 15 is 0 Å². The van der Waals surface area contributed by atoms with Crippen molar-refractivity contribution in [1.29, 1.82) is 0 Å². The van der Waals surface area contributed by atoms with Crippen molar-refractivity contribution in [3.05, 3.63) is 16.1 Å². The quantitative estimate of drug-likeness (QED) is 0.794. The van der Waals surface area contributed by atoms with Gasteiger partial charge in [0, 0.05) is 6.54 Å². The van der Waals surface area contributed by atoms with Crippen LogP contribution in [0, 0.1) is 0 Å². The molecule has 0 saturated heterocycles. The first-order chi connectivity index (χ1) is 9.46. The van der Waals surface area contributed by atoms with E-state index in [-0.39, 0.29) is 17.4 Å². The number of ether oxygens (including phenoxy) is 1. The van der Waals surface area contributed by atoms with Crippen LogP contribution in [-0.4, -0.2) is 30.0 Å². The summed E-state index contributed by atoms with van der Waals surface area (Å²) >= 11 is 11.2. The number of hydrogen-bond donors (Lipinski definition) is 1. The number of pyridine rings is 1. The van der Waals surface area contributed by atoms with Crippen LogP contribution in [0.25, 0.3) is 0 Å². The van der Waals surface area contributed by atoms with Crippen LogP contribution in [0.1, 0.15) is 6.92 Å². The molecule has 0 fully saturated rings. The van der Waals surface area contributed by atoms with E-state index in [1.54, 1.807) is 6.92 Å². The maximum Gasteiger partial charge on any atom is 0.434 e. The summed E-state index contributed by atoms with van der Waals surface area (Å²) in [5, 5.41) is 1.92.